The lowest BCUT2D eigenvalue weighted by molar-refractivity contribution is 0.417. The maximum atomic E-state index is 12.3. The third-order valence-electron chi connectivity index (χ3n) is 4.50. The van der Waals surface area contributed by atoms with Gasteiger partial charge in [0.25, 0.3) is 5.56 Å². The molecule has 26 heavy (non-hydrogen) atoms. The Kier molecular flexibility index (Phi) is 5.05. The first-order valence-electron chi connectivity index (χ1n) is 8.06. The highest BCUT2D eigenvalue weighted by Crippen LogP contribution is 2.40. The van der Waals surface area contributed by atoms with Crippen molar-refractivity contribution in [1.82, 2.24) is 4.98 Å². The number of methoxy groups -OCH3 is 1. The minimum absolute atomic E-state index is 0. The number of fused-ring (bicyclic) bond motifs is 3. The normalized spacial score (nSPS) is 12.1. The molecule has 4 nitrogen and oxygen atoms in total. The number of hydrogen-bond acceptors (Lipinski definition) is 4. The van der Waals surface area contributed by atoms with Gasteiger partial charge in [-0.1, -0.05) is 24.3 Å². The van der Waals surface area contributed by atoms with Crippen LogP contribution in [0.15, 0.2) is 52.6 Å². The van der Waals surface area contributed by atoms with E-state index in [1.54, 1.807) is 7.11 Å². The lowest BCUT2D eigenvalue weighted by atomic mass is 9.96. The van der Waals surface area contributed by atoms with Crippen LogP contribution in [-0.4, -0.2) is 12.1 Å². The molecule has 1 atom stereocenters. The molecule has 2 aromatic heterocycles. The van der Waals surface area contributed by atoms with Gasteiger partial charge in [0.2, 0.25) is 0 Å². The summed E-state index contributed by atoms with van der Waals surface area (Å²) in [5.41, 5.74) is 9.81. The van der Waals surface area contributed by atoms with Crippen molar-refractivity contribution < 1.29 is 4.74 Å². The van der Waals surface area contributed by atoms with E-state index in [9.17, 15) is 4.79 Å². The number of rotatable bonds is 3. The van der Waals surface area contributed by atoms with E-state index in [2.05, 4.69) is 17.1 Å². The highest BCUT2D eigenvalue weighted by Gasteiger charge is 2.16. The summed E-state index contributed by atoms with van der Waals surface area (Å²) in [5.74, 6) is 0.778. The summed E-state index contributed by atoms with van der Waals surface area (Å²) in [6, 6.07) is 14.0. The molecule has 2 heterocycles. The first kappa shape index (κ1) is 18.5. The summed E-state index contributed by atoms with van der Waals surface area (Å²) in [4.78, 5) is 15.3. The maximum Gasteiger partial charge on any atom is 0.266 e. The lowest BCUT2D eigenvalue weighted by Gasteiger charge is -2.14. The minimum atomic E-state index is -0.0547. The number of pyridine rings is 1. The second-order valence-corrected chi connectivity index (χ2v) is 7.01. The van der Waals surface area contributed by atoms with Crippen molar-refractivity contribution in [2.75, 3.05) is 7.11 Å². The molecular weight excluding hydrogens is 368 g/mol. The van der Waals surface area contributed by atoms with Gasteiger partial charge in [0.05, 0.1) is 7.11 Å². The number of hydrogen-bond donors (Lipinski definition) is 2. The molecule has 0 saturated heterocycles. The van der Waals surface area contributed by atoms with Crippen LogP contribution in [0.3, 0.4) is 0 Å². The molecular formula is C20H19ClN2O2S. The van der Waals surface area contributed by atoms with Crippen LogP contribution in [-0.2, 0) is 0 Å². The molecule has 4 aromatic rings. The van der Waals surface area contributed by atoms with E-state index >= 15 is 0 Å². The number of halogens is 1. The maximum absolute atomic E-state index is 12.3. The average Bonchev–Trinajstić information content (AvgIpc) is 3.11. The van der Waals surface area contributed by atoms with Gasteiger partial charge in [0.1, 0.15) is 10.4 Å². The topological polar surface area (TPSA) is 68.1 Å². The zero-order valence-corrected chi connectivity index (χ0v) is 16.0. The summed E-state index contributed by atoms with van der Waals surface area (Å²) in [5, 5.41) is 3.90. The monoisotopic (exact) mass is 386 g/mol. The third kappa shape index (κ3) is 2.88. The highest BCUT2D eigenvalue weighted by atomic mass is 35.5. The molecule has 0 aliphatic rings. The van der Waals surface area contributed by atoms with Crippen molar-refractivity contribution in [3.63, 3.8) is 0 Å². The Hall–Kier alpha value is -2.34. The molecule has 0 fully saturated rings. The van der Waals surface area contributed by atoms with Gasteiger partial charge in [-0.25, -0.2) is 0 Å². The first-order chi connectivity index (χ1) is 12.1. The lowest BCUT2D eigenvalue weighted by Crippen LogP contribution is -2.05. The van der Waals surface area contributed by atoms with Crippen LogP contribution in [0.2, 0.25) is 0 Å². The molecule has 2 aromatic carbocycles. The zero-order chi connectivity index (χ0) is 17.6. The van der Waals surface area contributed by atoms with E-state index in [1.165, 1.54) is 11.3 Å². The minimum Gasteiger partial charge on any atom is -0.496 e. The van der Waals surface area contributed by atoms with Gasteiger partial charge in [-0.05, 0) is 41.6 Å². The van der Waals surface area contributed by atoms with Crippen molar-refractivity contribution >= 4 is 44.7 Å². The molecule has 0 aliphatic carbocycles. The first-order valence-corrected chi connectivity index (χ1v) is 8.94. The third-order valence-corrected chi connectivity index (χ3v) is 5.41. The Morgan fingerprint density at radius 3 is 2.50 bits per heavy atom. The SMILES string of the molecule is COc1ccc2[nH]c(=O)c3sccc3c2c1-c1ccc([C@H](C)N)cc1.Cl. The van der Waals surface area contributed by atoms with Crippen LogP contribution in [0.1, 0.15) is 18.5 Å². The van der Waals surface area contributed by atoms with Crippen LogP contribution >= 0.6 is 23.7 Å². The van der Waals surface area contributed by atoms with Crippen molar-refractivity contribution in [2.45, 2.75) is 13.0 Å². The number of benzene rings is 2. The van der Waals surface area contributed by atoms with Crippen LogP contribution in [0.25, 0.3) is 32.1 Å². The molecule has 0 saturated carbocycles. The number of nitrogens with two attached hydrogens (primary N) is 1. The molecule has 0 aliphatic heterocycles. The number of aromatic nitrogens is 1. The fraction of sp³-hybridized carbons (Fsp3) is 0.150. The number of thiophene rings is 1. The van der Waals surface area contributed by atoms with E-state index in [0.717, 1.165) is 43.4 Å². The van der Waals surface area contributed by atoms with Crippen molar-refractivity contribution in [3.8, 4) is 16.9 Å². The van der Waals surface area contributed by atoms with E-state index in [1.807, 2.05) is 42.6 Å². The second-order valence-electron chi connectivity index (χ2n) is 6.09. The summed E-state index contributed by atoms with van der Waals surface area (Å²) in [6.45, 7) is 1.97. The number of ether oxygens (including phenoxy) is 1. The van der Waals surface area contributed by atoms with E-state index in [0.29, 0.717) is 0 Å². The molecule has 0 unspecified atom stereocenters. The largest absolute Gasteiger partial charge is 0.496 e. The predicted molar refractivity (Wildman–Crippen MR) is 112 cm³/mol. The van der Waals surface area contributed by atoms with Gasteiger partial charge in [-0.3, -0.25) is 4.79 Å². The van der Waals surface area contributed by atoms with Gasteiger partial charge in [-0.2, -0.15) is 0 Å². The molecule has 0 bridgehead atoms. The Balaban J connectivity index is 0.00000196. The van der Waals surface area contributed by atoms with Crippen molar-refractivity contribution in [2.24, 2.45) is 5.73 Å². The number of aromatic amines is 1. The molecule has 6 heteroatoms. The molecule has 4 rings (SSSR count). The molecule has 0 spiro atoms. The van der Waals surface area contributed by atoms with Crippen LogP contribution in [0.5, 0.6) is 5.75 Å². The quantitative estimate of drug-likeness (QED) is 0.528. The standard InChI is InChI=1S/C20H18N2O2S.ClH/c1-11(21)12-3-5-13(6-4-12)17-16(24-2)8-7-15-18(17)14-9-10-25-19(14)20(23)22-15;/h3-11H,21H2,1-2H3,(H,22,23);1H/t11-;/m0./s1. The Morgan fingerprint density at radius 2 is 1.85 bits per heavy atom. The molecule has 134 valence electrons. The zero-order valence-electron chi connectivity index (χ0n) is 14.4. The van der Waals surface area contributed by atoms with E-state index < -0.39 is 0 Å². The van der Waals surface area contributed by atoms with Gasteiger partial charge in [0, 0.05) is 27.9 Å². The van der Waals surface area contributed by atoms with E-state index in [4.69, 9.17) is 10.5 Å². The van der Waals surface area contributed by atoms with Crippen LogP contribution in [0, 0.1) is 0 Å². The Morgan fingerprint density at radius 1 is 1.12 bits per heavy atom. The van der Waals surface area contributed by atoms with Gasteiger partial charge in [0.15, 0.2) is 0 Å². The smallest absolute Gasteiger partial charge is 0.266 e. The summed E-state index contributed by atoms with van der Waals surface area (Å²) in [7, 11) is 1.66. The summed E-state index contributed by atoms with van der Waals surface area (Å²) < 4.78 is 6.36. The van der Waals surface area contributed by atoms with Crippen molar-refractivity contribution in [1.29, 1.82) is 0 Å². The Bertz CT molecular complexity index is 1130. The number of nitrogens with one attached hydrogen (secondary N) is 1. The average molecular weight is 387 g/mol. The molecule has 3 N–H and O–H groups in total. The van der Waals surface area contributed by atoms with Gasteiger partial charge in [-0.15, -0.1) is 23.7 Å². The molecule has 0 amide bonds. The Labute approximate surface area is 161 Å². The fourth-order valence-corrected chi connectivity index (χ4v) is 4.03. The second kappa shape index (κ2) is 7.11. The van der Waals surface area contributed by atoms with Gasteiger partial charge >= 0.3 is 0 Å². The van der Waals surface area contributed by atoms with Crippen molar-refractivity contribution in [3.05, 3.63) is 63.8 Å². The van der Waals surface area contributed by atoms with Crippen LogP contribution < -0.4 is 16.0 Å². The predicted octanol–water partition coefficient (Wildman–Crippen LogP) is 4.86. The van der Waals surface area contributed by atoms with E-state index in [-0.39, 0.29) is 24.0 Å². The summed E-state index contributed by atoms with van der Waals surface area (Å²) in [6.07, 6.45) is 0. The number of H-pyrrole nitrogens is 1. The van der Waals surface area contributed by atoms with Crippen LogP contribution in [0.4, 0.5) is 0 Å². The van der Waals surface area contributed by atoms with Gasteiger partial charge < -0.3 is 15.5 Å². The molecule has 0 radical (unpaired) electrons. The summed E-state index contributed by atoms with van der Waals surface area (Å²) >= 11 is 1.45. The highest BCUT2D eigenvalue weighted by molar-refractivity contribution is 7.17. The fourth-order valence-electron chi connectivity index (χ4n) is 3.24.